The van der Waals surface area contributed by atoms with Gasteiger partial charge in [0.25, 0.3) is 0 Å². The number of carbonyl (C=O) groups is 1. The molecule has 0 aliphatic heterocycles. The first-order valence-electron chi connectivity index (χ1n) is 8.27. The molecule has 2 N–H and O–H groups in total. The van der Waals surface area contributed by atoms with Crippen molar-refractivity contribution in [2.24, 2.45) is 5.73 Å². The predicted octanol–water partition coefficient (Wildman–Crippen LogP) is 3.55. The first-order chi connectivity index (χ1) is 11.9. The molecule has 0 atom stereocenters. The maximum Gasteiger partial charge on any atom is 0.248 e. The van der Waals surface area contributed by atoms with E-state index in [2.05, 4.69) is 47.1 Å². The number of amides is 1. The molecule has 0 radical (unpaired) electrons. The average molecular weight is 334 g/mol. The fourth-order valence-electron chi connectivity index (χ4n) is 2.83. The van der Waals surface area contributed by atoms with E-state index in [0.717, 1.165) is 33.3 Å². The number of benzene rings is 2. The topological polar surface area (TPSA) is 72.1 Å². The Morgan fingerprint density at radius 2 is 1.92 bits per heavy atom. The minimum atomic E-state index is -0.422. The summed E-state index contributed by atoms with van der Waals surface area (Å²) >= 11 is 0. The van der Waals surface area contributed by atoms with Crippen LogP contribution in [0.1, 0.15) is 29.8 Å². The van der Waals surface area contributed by atoms with Crippen LogP contribution in [0, 0.1) is 6.92 Å². The lowest BCUT2D eigenvalue weighted by Gasteiger charge is -2.23. The molecule has 0 aliphatic rings. The summed E-state index contributed by atoms with van der Waals surface area (Å²) in [6.07, 6.45) is 1.77. The zero-order valence-electron chi connectivity index (χ0n) is 14.9. The molecule has 5 nitrogen and oxygen atoms in total. The molecule has 3 aromatic rings. The maximum atomic E-state index is 11.5. The number of primary amides is 1. The maximum absolute atomic E-state index is 11.5. The van der Waals surface area contributed by atoms with E-state index >= 15 is 0 Å². The van der Waals surface area contributed by atoms with Gasteiger partial charge in [-0.05, 0) is 61.7 Å². The lowest BCUT2D eigenvalue weighted by molar-refractivity contribution is 0.100. The van der Waals surface area contributed by atoms with Crippen LogP contribution in [0.25, 0.3) is 21.9 Å². The molecule has 0 bridgehead atoms. The van der Waals surface area contributed by atoms with E-state index in [9.17, 15) is 4.79 Å². The fourth-order valence-corrected chi connectivity index (χ4v) is 2.83. The Hall–Kier alpha value is -2.95. The second-order valence-electron chi connectivity index (χ2n) is 6.57. The fraction of sp³-hybridized carbons (Fsp3) is 0.250. The number of hydrogen-bond donors (Lipinski definition) is 1. The van der Waals surface area contributed by atoms with E-state index in [1.165, 1.54) is 0 Å². The van der Waals surface area contributed by atoms with Gasteiger partial charge in [-0.1, -0.05) is 12.1 Å². The van der Waals surface area contributed by atoms with E-state index in [1.807, 2.05) is 26.1 Å². The minimum Gasteiger partial charge on any atom is -0.366 e. The average Bonchev–Trinajstić information content (AvgIpc) is 2.60. The van der Waals surface area contributed by atoms with Gasteiger partial charge < -0.3 is 10.6 Å². The lowest BCUT2D eigenvalue weighted by Crippen LogP contribution is -2.27. The summed E-state index contributed by atoms with van der Waals surface area (Å²) < 4.78 is 0. The van der Waals surface area contributed by atoms with E-state index in [4.69, 9.17) is 5.73 Å². The lowest BCUT2D eigenvalue weighted by atomic mass is 9.96. The van der Waals surface area contributed by atoms with Crippen molar-refractivity contribution >= 4 is 22.5 Å². The normalized spacial score (nSPS) is 11.1. The Morgan fingerprint density at radius 3 is 2.60 bits per heavy atom. The van der Waals surface area contributed by atoms with Crippen LogP contribution in [-0.2, 0) is 0 Å². The molecule has 25 heavy (non-hydrogen) atoms. The highest BCUT2D eigenvalue weighted by Gasteiger charge is 2.13. The Kier molecular flexibility index (Phi) is 4.40. The van der Waals surface area contributed by atoms with Gasteiger partial charge in [-0.2, -0.15) is 5.10 Å². The molecule has 2 aromatic carbocycles. The summed E-state index contributed by atoms with van der Waals surface area (Å²) in [5.41, 5.74) is 9.04. The summed E-state index contributed by atoms with van der Waals surface area (Å²) in [4.78, 5) is 13.6. The van der Waals surface area contributed by atoms with Gasteiger partial charge >= 0.3 is 0 Å². The summed E-state index contributed by atoms with van der Waals surface area (Å²) in [6.45, 7) is 6.26. The van der Waals surface area contributed by atoms with E-state index < -0.39 is 5.91 Å². The summed E-state index contributed by atoms with van der Waals surface area (Å²) in [5.74, 6) is 0.440. The van der Waals surface area contributed by atoms with Crippen LogP contribution in [0.5, 0.6) is 0 Å². The number of anilines is 1. The Bertz CT molecular complexity index is 950. The number of aryl methyl sites for hydroxylation is 1. The molecule has 0 unspecified atom stereocenters. The second-order valence-corrected chi connectivity index (χ2v) is 6.57. The molecule has 0 fully saturated rings. The molecule has 128 valence electrons. The molecule has 0 aliphatic carbocycles. The van der Waals surface area contributed by atoms with Crippen LogP contribution in [-0.4, -0.2) is 29.2 Å². The first-order valence-corrected chi connectivity index (χ1v) is 8.27. The van der Waals surface area contributed by atoms with E-state index in [0.29, 0.717) is 11.6 Å². The third kappa shape index (κ3) is 3.18. The van der Waals surface area contributed by atoms with Gasteiger partial charge in [0, 0.05) is 29.4 Å². The van der Waals surface area contributed by atoms with Crippen molar-refractivity contribution in [1.29, 1.82) is 0 Å². The third-order valence-corrected chi connectivity index (χ3v) is 4.58. The van der Waals surface area contributed by atoms with Crippen LogP contribution in [0.4, 0.5) is 5.82 Å². The molecule has 1 amide bonds. The van der Waals surface area contributed by atoms with Crippen molar-refractivity contribution in [1.82, 2.24) is 10.2 Å². The standard InChI is InChI=1S/C20H22N4O/c1-12(2)24(4)20-17-8-7-14(9-16(17)11-22-23-20)18-10-15(19(21)25)6-5-13(18)3/h5-12H,1-4H3,(H2,21,25). The molecule has 3 rings (SSSR count). The number of aromatic nitrogens is 2. The van der Waals surface area contributed by atoms with Crippen molar-refractivity contribution in [3.63, 3.8) is 0 Å². The van der Waals surface area contributed by atoms with Gasteiger partial charge in [-0.3, -0.25) is 4.79 Å². The minimum absolute atomic E-state index is 0.328. The Labute approximate surface area is 147 Å². The van der Waals surface area contributed by atoms with Crippen LogP contribution in [0.3, 0.4) is 0 Å². The van der Waals surface area contributed by atoms with E-state index in [1.54, 1.807) is 12.3 Å². The molecule has 1 aromatic heterocycles. The second kappa shape index (κ2) is 6.51. The number of rotatable bonds is 4. The largest absolute Gasteiger partial charge is 0.366 e. The van der Waals surface area contributed by atoms with Crippen LogP contribution < -0.4 is 10.6 Å². The van der Waals surface area contributed by atoms with Crippen molar-refractivity contribution in [3.8, 4) is 11.1 Å². The molecular weight excluding hydrogens is 312 g/mol. The Morgan fingerprint density at radius 1 is 1.16 bits per heavy atom. The summed E-state index contributed by atoms with van der Waals surface area (Å²) in [5, 5.41) is 10.5. The zero-order valence-corrected chi connectivity index (χ0v) is 14.9. The number of hydrogen-bond acceptors (Lipinski definition) is 4. The quantitative estimate of drug-likeness (QED) is 0.792. The smallest absolute Gasteiger partial charge is 0.248 e. The molecule has 0 saturated heterocycles. The number of fused-ring (bicyclic) bond motifs is 1. The van der Waals surface area contributed by atoms with Crippen molar-refractivity contribution in [3.05, 3.63) is 53.7 Å². The van der Waals surface area contributed by atoms with Crippen LogP contribution in [0.15, 0.2) is 42.6 Å². The monoisotopic (exact) mass is 334 g/mol. The van der Waals surface area contributed by atoms with Crippen LogP contribution >= 0.6 is 0 Å². The van der Waals surface area contributed by atoms with Gasteiger partial charge in [0.05, 0.1) is 6.20 Å². The molecule has 0 saturated carbocycles. The molecule has 0 spiro atoms. The Balaban J connectivity index is 2.15. The number of nitrogens with zero attached hydrogens (tertiary/aromatic N) is 3. The highest BCUT2D eigenvalue weighted by atomic mass is 16.1. The third-order valence-electron chi connectivity index (χ3n) is 4.58. The van der Waals surface area contributed by atoms with Gasteiger partial charge in [0.2, 0.25) is 5.91 Å². The summed E-state index contributed by atoms with van der Waals surface area (Å²) in [6, 6.07) is 12.0. The predicted molar refractivity (Wildman–Crippen MR) is 102 cm³/mol. The van der Waals surface area contributed by atoms with Crippen LogP contribution in [0.2, 0.25) is 0 Å². The van der Waals surface area contributed by atoms with Crippen molar-refractivity contribution in [2.75, 3.05) is 11.9 Å². The molecular formula is C20H22N4O. The highest BCUT2D eigenvalue weighted by Crippen LogP contribution is 2.31. The SMILES string of the molecule is Cc1ccc(C(N)=O)cc1-c1ccc2c(N(C)C(C)C)nncc2c1. The van der Waals surface area contributed by atoms with Gasteiger partial charge in [-0.15, -0.1) is 5.10 Å². The zero-order chi connectivity index (χ0) is 18.1. The van der Waals surface area contributed by atoms with Crippen molar-refractivity contribution in [2.45, 2.75) is 26.8 Å². The first kappa shape index (κ1) is 16.9. The van der Waals surface area contributed by atoms with Gasteiger partial charge in [0.1, 0.15) is 0 Å². The molecule has 5 heteroatoms. The van der Waals surface area contributed by atoms with Gasteiger partial charge in [0.15, 0.2) is 5.82 Å². The number of nitrogens with two attached hydrogens (primary N) is 1. The van der Waals surface area contributed by atoms with Gasteiger partial charge in [-0.25, -0.2) is 0 Å². The van der Waals surface area contributed by atoms with E-state index in [-0.39, 0.29) is 0 Å². The molecule has 1 heterocycles. The highest BCUT2D eigenvalue weighted by molar-refractivity contribution is 5.97. The number of carbonyl (C=O) groups excluding carboxylic acids is 1. The van der Waals surface area contributed by atoms with Crippen molar-refractivity contribution < 1.29 is 4.79 Å². The summed E-state index contributed by atoms with van der Waals surface area (Å²) in [7, 11) is 2.02.